The molecule has 3 heteroatoms. The van der Waals surface area contributed by atoms with Crippen LogP contribution in [-0.2, 0) is 6.18 Å². The summed E-state index contributed by atoms with van der Waals surface area (Å²) in [6.07, 6.45) is 0.852. The maximum Gasteiger partial charge on any atom is 0.416 e. The third kappa shape index (κ3) is 1.22. The second-order valence-electron chi connectivity index (χ2n) is 4.18. The van der Waals surface area contributed by atoms with Crippen molar-refractivity contribution in [2.24, 2.45) is 0 Å². The van der Waals surface area contributed by atoms with Gasteiger partial charge in [0.15, 0.2) is 0 Å². The van der Waals surface area contributed by atoms with Crippen LogP contribution in [0.1, 0.15) is 34.9 Å². The molecule has 0 heterocycles. The Morgan fingerprint density at radius 2 is 1.67 bits per heavy atom. The van der Waals surface area contributed by atoms with Crippen LogP contribution < -0.4 is 0 Å². The van der Waals surface area contributed by atoms with Crippen LogP contribution in [0.2, 0.25) is 0 Å². The Hall–Kier alpha value is -1.25. The van der Waals surface area contributed by atoms with Crippen LogP contribution >= 0.6 is 0 Å². The number of hydrogen-bond acceptors (Lipinski definition) is 0. The molecule has 0 aliphatic heterocycles. The first-order valence-electron chi connectivity index (χ1n) is 4.95. The van der Waals surface area contributed by atoms with Gasteiger partial charge in [0.2, 0.25) is 0 Å². The third-order valence-corrected chi connectivity index (χ3v) is 3.30. The van der Waals surface area contributed by atoms with E-state index in [9.17, 15) is 13.2 Å². The summed E-state index contributed by atoms with van der Waals surface area (Å²) in [6.45, 7) is 0. The monoisotopic (exact) mass is 210 g/mol. The Balaban J connectivity index is 2.10. The van der Waals surface area contributed by atoms with Gasteiger partial charge in [-0.1, -0.05) is 18.2 Å². The fourth-order valence-corrected chi connectivity index (χ4v) is 2.57. The molecule has 15 heavy (non-hydrogen) atoms. The van der Waals surface area contributed by atoms with E-state index >= 15 is 0 Å². The predicted molar refractivity (Wildman–Crippen MR) is 50.7 cm³/mol. The van der Waals surface area contributed by atoms with E-state index in [1.54, 1.807) is 6.07 Å². The van der Waals surface area contributed by atoms with Crippen LogP contribution in [-0.4, -0.2) is 0 Å². The zero-order chi connectivity index (χ0) is 10.6. The van der Waals surface area contributed by atoms with Crippen LogP contribution in [0.5, 0.6) is 0 Å². The van der Waals surface area contributed by atoms with Crippen LogP contribution in [0.15, 0.2) is 30.4 Å². The van der Waals surface area contributed by atoms with E-state index in [0.29, 0.717) is 5.92 Å². The lowest BCUT2D eigenvalue weighted by molar-refractivity contribution is -0.137. The zero-order valence-electron chi connectivity index (χ0n) is 7.88. The lowest BCUT2D eigenvalue weighted by Gasteiger charge is -2.13. The van der Waals surface area contributed by atoms with Gasteiger partial charge in [-0.25, -0.2) is 0 Å². The molecule has 2 aliphatic carbocycles. The van der Waals surface area contributed by atoms with Crippen molar-refractivity contribution < 1.29 is 13.2 Å². The van der Waals surface area contributed by atoms with Gasteiger partial charge in [0.1, 0.15) is 0 Å². The van der Waals surface area contributed by atoms with Crippen molar-refractivity contribution in [3.8, 4) is 0 Å². The molecule has 3 rings (SSSR count). The third-order valence-electron chi connectivity index (χ3n) is 3.30. The predicted octanol–water partition coefficient (Wildman–Crippen LogP) is 3.85. The first-order valence-corrected chi connectivity index (χ1v) is 4.95. The van der Waals surface area contributed by atoms with Crippen LogP contribution in [0.3, 0.4) is 0 Å². The lowest BCUT2D eigenvalue weighted by Crippen LogP contribution is -2.06. The number of alkyl halides is 3. The number of benzene rings is 1. The van der Waals surface area contributed by atoms with Crippen molar-refractivity contribution in [2.75, 3.05) is 0 Å². The molecule has 2 aliphatic rings. The lowest BCUT2D eigenvalue weighted by atomic mass is 9.95. The van der Waals surface area contributed by atoms with Crippen molar-refractivity contribution in [3.05, 3.63) is 47.0 Å². The number of hydrogen-bond donors (Lipinski definition) is 0. The summed E-state index contributed by atoms with van der Waals surface area (Å²) in [4.78, 5) is 0. The van der Waals surface area contributed by atoms with E-state index < -0.39 is 11.7 Å². The molecule has 0 radical (unpaired) electrons. The number of halogens is 3. The van der Waals surface area contributed by atoms with Crippen LogP contribution in [0.25, 0.3) is 0 Å². The van der Waals surface area contributed by atoms with Crippen molar-refractivity contribution >= 4 is 0 Å². The van der Waals surface area contributed by atoms with Crippen LogP contribution in [0, 0.1) is 0 Å². The Bertz CT molecular complexity index is 443. The van der Waals surface area contributed by atoms with Crippen molar-refractivity contribution in [3.63, 3.8) is 0 Å². The highest BCUT2D eigenvalue weighted by atomic mass is 19.4. The molecule has 0 nitrogen and oxygen atoms in total. The van der Waals surface area contributed by atoms with Gasteiger partial charge >= 0.3 is 6.18 Å². The fraction of sp³-hybridized carbons (Fsp3) is 0.333. The highest BCUT2D eigenvalue weighted by Gasteiger charge is 2.36. The van der Waals surface area contributed by atoms with Crippen molar-refractivity contribution in [2.45, 2.75) is 24.4 Å². The van der Waals surface area contributed by atoms with Crippen molar-refractivity contribution in [1.82, 2.24) is 0 Å². The number of rotatable bonds is 0. The Kier molecular flexibility index (Phi) is 1.59. The maximum atomic E-state index is 12.5. The Labute approximate surface area is 85.4 Å². The fourth-order valence-electron chi connectivity index (χ4n) is 2.57. The smallest absolute Gasteiger partial charge is 0.166 e. The summed E-state index contributed by atoms with van der Waals surface area (Å²) in [6, 6.07) is 4.13. The quantitative estimate of drug-likeness (QED) is 0.570. The van der Waals surface area contributed by atoms with Gasteiger partial charge in [-0.05, 0) is 29.7 Å². The molecule has 0 fully saturated rings. The SMILES string of the molecule is FC(F)(F)c1ccc2c(c1)C1C=CC2C1. The molecule has 78 valence electrons. The van der Waals surface area contributed by atoms with E-state index in [2.05, 4.69) is 6.08 Å². The van der Waals surface area contributed by atoms with Crippen molar-refractivity contribution in [1.29, 1.82) is 0 Å². The van der Waals surface area contributed by atoms with Gasteiger partial charge < -0.3 is 0 Å². The average molecular weight is 210 g/mol. The summed E-state index contributed by atoms with van der Waals surface area (Å²) < 4.78 is 37.4. The second-order valence-corrected chi connectivity index (χ2v) is 4.18. The number of fused-ring (bicyclic) bond motifs is 5. The Morgan fingerprint density at radius 1 is 1.00 bits per heavy atom. The summed E-state index contributed by atoms with van der Waals surface area (Å²) in [5.41, 5.74) is 1.43. The molecular weight excluding hydrogens is 201 g/mol. The first-order chi connectivity index (χ1) is 7.05. The molecule has 0 aromatic heterocycles. The molecule has 1 aromatic rings. The molecule has 2 bridgehead atoms. The second kappa shape index (κ2) is 2.65. The minimum absolute atomic E-state index is 0.215. The largest absolute Gasteiger partial charge is 0.416 e. The Morgan fingerprint density at radius 3 is 2.33 bits per heavy atom. The maximum absolute atomic E-state index is 12.5. The van der Waals surface area contributed by atoms with E-state index in [0.717, 1.165) is 17.5 Å². The zero-order valence-corrected chi connectivity index (χ0v) is 7.88. The molecule has 0 saturated heterocycles. The standard InChI is InChI=1S/C12H9F3/c13-12(14,15)9-3-4-10-7-1-2-8(5-7)11(10)6-9/h1-4,6-8H,5H2. The normalized spacial score (nSPS) is 27.1. The van der Waals surface area contributed by atoms with Gasteiger partial charge in [0, 0.05) is 11.8 Å². The molecule has 2 atom stereocenters. The molecule has 0 amide bonds. The minimum atomic E-state index is -4.22. The highest BCUT2D eigenvalue weighted by Crippen LogP contribution is 2.49. The summed E-state index contributed by atoms with van der Waals surface area (Å²) in [5.74, 6) is 0.569. The molecule has 1 aromatic carbocycles. The van der Waals surface area contributed by atoms with E-state index in [1.165, 1.54) is 12.1 Å². The van der Waals surface area contributed by atoms with Gasteiger partial charge in [-0.15, -0.1) is 0 Å². The molecule has 0 saturated carbocycles. The van der Waals surface area contributed by atoms with E-state index in [4.69, 9.17) is 0 Å². The van der Waals surface area contributed by atoms with Gasteiger partial charge in [-0.2, -0.15) is 13.2 Å². The topological polar surface area (TPSA) is 0 Å². The van der Waals surface area contributed by atoms with Gasteiger partial charge in [0.05, 0.1) is 5.56 Å². The minimum Gasteiger partial charge on any atom is -0.166 e. The van der Waals surface area contributed by atoms with Crippen LogP contribution in [0.4, 0.5) is 13.2 Å². The average Bonchev–Trinajstić information content (AvgIpc) is 2.76. The summed E-state index contributed by atoms with van der Waals surface area (Å²) in [5, 5.41) is 0. The van der Waals surface area contributed by atoms with Gasteiger partial charge in [0.25, 0.3) is 0 Å². The summed E-state index contributed by atoms with van der Waals surface area (Å²) in [7, 11) is 0. The highest BCUT2D eigenvalue weighted by molar-refractivity contribution is 5.49. The molecule has 2 unspecified atom stereocenters. The molecule has 0 N–H and O–H groups in total. The first kappa shape index (κ1) is 9.01. The van der Waals surface area contributed by atoms with E-state index in [-0.39, 0.29) is 5.92 Å². The molecular formula is C12H9F3. The molecule has 0 spiro atoms. The van der Waals surface area contributed by atoms with Gasteiger partial charge in [-0.3, -0.25) is 0 Å². The summed E-state index contributed by atoms with van der Waals surface area (Å²) >= 11 is 0. The van der Waals surface area contributed by atoms with E-state index in [1.807, 2.05) is 6.08 Å². The number of allylic oxidation sites excluding steroid dienone is 2.